The normalized spacial score (nSPS) is 25.6. The van der Waals surface area contributed by atoms with E-state index in [2.05, 4.69) is 0 Å². The molecule has 1 aromatic heterocycles. The standard InChI is InChI=1S/C17H24N2O4S2/c1-17(2)12-18(9-11-25(17,22)23)15(20)13-6-3-4-8-19(13)16(21)14-7-5-10-24-14/h5,7,10,13H,3-4,6,8-9,11-12H2,1-2H3. The van der Waals surface area contributed by atoms with E-state index in [-0.39, 0.29) is 30.7 Å². The van der Waals surface area contributed by atoms with Crippen molar-refractivity contribution in [3.05, 3.63) is 22.4 Å². The van der Waals surface area contributed by atoms with Gasteiger partial charge in [-0.15, -0.1) is 11.3 Å². The van der Waals surface area contributed by atoms with E-state index in [0.717, 1.165) is 12.8 Å². The number of carbonyl (C=O) groups is 2. The molecule has 2 fully saturated rings. The molecule has 0 spiro atoms. The van der Waals surface area contributed by atoms with Crippen LogP contribution in [0.1, 0.15) is 42.8 Å². The molecule has 3 rings (SSSR count). The summed E-state index contributed by atoms with van der Waals surface area (Å²) in [4.78, 5) is 29.8. The molecule has 2 aliphatic heterocycles. The smallest absolute Gasteiger partial charge is 0.264 e. The van der Waals surface area contributed by atoms with Crippen molar-refractivity contribution >= 4 is 33.0 Å². The first-order valence-corrected chi connectivity index (χ1v) is 11.1. The molecule has 3 heterocycles. The second kappa shape index (κ2) is 6.72. The maximum absolute atomic E-state index is 13.1. The van der Waals surface area contributed by atoms with Crippen molar-refractivity contribution in [1.82, 2.24) is 9.80 Å². The minimum atomic E-state index is -3.20. The molecule has 8 heteroatoms. The summed E-state index contributed by atoms with van der Waals surface area (Å²) < 4.78 is 23.4. The number of rotatable bonds is 2. The predicted octanol–water partition coefficient (Wildman–Crippen LogP) is 1.78. The van der Waals surface area contributed by atoms with Gasteiger partial charge in [0, 0.05) is 19.6 Å². The van der Waals surface area contributed by atoms with Gasteiger partial charge in [-0.3, -0.25) is 9.59 Å². The number of amides is 2. The molecule has 0 aliphatic carbocycles. The van der Waals surface area contributed by atoms with E-state index in [1.165, 1.54) is 11.3 Å². The van der Waals surface area contributed by atoms with Crippen LogP contribution in [0.2, 0.25) is 0 Å². The first kappa shape index (κ1) is 18.4. The second-order valence-corrected chi connectivity index (χ2v) is 11.0. The second-order valence-electron chi connectivity index (χ2n) is 7.33. The molecule has 0 aromatic carbocycles. The quantitative estimate of drug-likeness (QED) is 0.779. The first-order valence-electron chi connectivity index (χ1n) is 8.58. The predicted molar refractivity (Wildman–Crippen MR) is 97.4 cm³/mol. The zero-order valence-electron chi connectivity index (χ0n) is 14.6. The molecule has 0 bridgehead atoms. The fourth-order valence-electron chi connectivity index (χ4n) is 3.52. The van der Waals surface area contributed by atoms with Gasteiger partial charge in [0.2, 0.25) is 5.91 Å². The van der Waals surface area contributed by atoms with E-state index in [0.29, 0.717) is 17.8 Å². The third-order valence-electron chi connectivity index (χ3n) is 5.14. The molecule has 0 radical (unpaired) electrons. The Labute approximate surface area is 152 Å². The molecular formula is C17H24N2O4S2. The molecule has 1 atom stereocenters. The number of sulfone groups is 1. The van der Waals surface area contributed by atoms with Crippen molar-refractivity contribution < 1.29 is 18.0 Å². The van der Waals surface area contributed by atoms with Crippen molar-refractivity contribution in [1.29, 1.82) is 0 Å². The minimum absolute atomic E-state index is 0.0165. The zero-order valence-corrected chi connectivity index (χ0v) is 16.2. The lowest BCUT2D eigenvalue weighted by molar-refractivity contribution is -0.137. The van der Waals surface area contributed by atoms with Gasteiger partial charge in [-0.2, -0.15) is 0 Å². The van der Waals surface area contributed by atoms with Crippen LogP contribution in [-0.4, -0.2) is 66.2 Å². The van der Waals surface area contributed by atoms with Crippen molar-refractivity contribution in [2.75, 3.05) is 25.4 Å². The summed E-state index contributed by atoms with van der Waals surface area (Å²) in [5, 5.41) is 1.85. The molecular weight excluding hydrogens is 360 g/mol. The van der Waals surface area contributed by atoms with Gasteiger partial charge in [0.05, 0.1) is 15.4 Å². The zero-order chi connectivity index (χ0) is 18.2. The van der Waals surface area contributed by atoms with E-state index in [4.69, 9.17) is 0 Å². The Hall–Kier alpha value is -1.41. The van der Waals surface area contributed by atoms with Gasteiger partial charge in [0.1, 0.15) is 6.04 Å². The maximum Gasteiger partial charge on any atom is 0.264 e. The summed E-state index contributed by atoms with van der Waals surface area (Å²) in [6.45, 7) is 4.30. The van der Waals surface area contributed by atoms with Crippen LogP contribution >= 0.6 is 11.3 Å². The molecule has 2 amide bonds. The third-order valence-corrected chi connectivity index (χ3v) is 8.53. The van der Waals surface area contributed by atoms with Gasteiger partial charge in [-0.1, -0.05) is 6.07 Å². The lowest BCUT2D eigenvalue weighted by atomic mass is 9.99. The Kier molecular flexibility index (Phi) is 4.94. The van der Waals surface area contributed by atoms with Gasteiger partial charge in [0.15, 0.2) is 9.84 Å². The van der Waals surface area contributed by atoms with Crippen LogP contribution in [0.15, 0.2) is 17.5 Å². The average molecular weight is 385 g/mol. The number of hydrogen-bond acceptors (Lipinski definition) is 5. The van der Waals surface area contributed by atoms with E-state index < -0.39 is 20.6 Å². The van der Waals surface area contributed by atoms with Gasteiger partial charge in [-0.05, 0) is 44.6 Å². The number of likely N-dealkylation sites (tertiary alicyclic amines) is 1. The molecule has 6 nitrogen and oxygen atoms in total. The highest BCUT2D eigenvalue weighted by molar-refractivity contribution is 7.92. The fraction of sp³-hybridized carbons (Fsp3) is 0.647. The highest BCUT2D eigenvalue weighted by Gasteiger charge is 2.44. The largest absolute Gasteiger partial charge is 0.338 e. The van der Waals surface area contributed by atoms with E-state index in [9.17, 15) is 18.0 Å². The molecule has 138 valence electrons. The highest BCUT2D eigenvalue weighted by Crippen LogP contribution is 2.27. The van der Waals surface area contributed by atoms with Crippen LogP contribution in [0.25, 0.3) is 0 Å². The van der Waals surface area contributed by atoms with Crippen molar-refractivity contribution in [2.45, 2.75) is 43.9 Å². The van der Waals surface area contributed by atoms with Crippen LogP contribution in [0.5, 0.6) is 0 Å². The Morgan fingerprint density at radius 2 is 2.00 bits per heavy atom. The summed E-state index contributed by atoms with van der Waals surface area (Å²) >= 11 is 1.38. The Morgan fingerprint density at radius 1 is 1.24 bits per heavy atom. The van der Waals surface area contributed by atoms with E-state index in [1.54, 1.807) is 29.7 Å². The highest BCUT2D eigenvalue weighted by atomic mass is 32.2. The van der Waals surface area contributed by atoms with Crippen LogP contribution in [0, 0.1) is 0 Å². The molecule has 2 saturated heterocycles. The SMILES string of the molecule is CC1(C)CN(C(=O)C2CCCCN2C(=O)c2cccs2)CCS1(=O)=O. The maximum atomic E-state index is 13.1. The van der Waals surface area contributed by atoms with Crippen LogP contribution < -0.4 is 0 Å². The van der Waals surface area contributed by atoms with E-state index >= 15 is 0 Å². The van der Waals surface area contributed by atoms with E-state index in [1.807, 2.05) is 11.4 Å². The fourth-order valence-corrected chi connectivity index (χ4v) is 5.56. The van der Waals surface area contributed by atoms with Crippen LogP contribution in [0.4, 0.5) is 0 Å². The summed E-state index contributed by atoms with van der Waals surface area (Å²) in [6.07, 6.45) is 2.43. The molecule has 1 aromatic rings. The average Bonchev–Trinajstić information content (AvgIpc) is 3.10. The molecule has 1 unspecified atom stereocenters. The van der Waals surface area contributed by atoms with Gasteiger partial charge >= 0.3 is 0 Å². The lowest BCUT2D eigenvalue weighted by Crippen LogP contribution is -2.60. The number of thiophene rings is 1. The van der Waals surface area contributed by atoms with Gasteiger partial charge in [-0.25, -0.2) is 8.42 Å². The minimum Gasteiger partial charge on any atom is -0.338 e. The van der Waals surface area contributed by atoms with Crippen molar-refractivity contribution in [3.63, 3.8) is 0 Å². The van der Waals surface area contributed by atoms with Crippen molar-refractivity contribution in [3.8, 4) is 0 Å². The molecule has 0 N–H and O–H groups in total. The summed E-state index contributed by atoms with van der Waals surface area (Å²) in [5.41, 5.74) is 0. The number of carbonyl (C=O) groups excluding carboxylic acids is 2. The van der Waals surface area contributed by atoms with Crippen LogP contribution in [-0.2, 0) is 14.6 Å². The summed E-state index contributed by atoms with van der Waals surface area (Å²) in [5.74, 6) is -0.235. The summed E-state index contributed by atoms with van der Waals surface area (Å²) in [7, 11) is -3.20. The summed E-state index contributed by atoms with van der Waals surface area (Å²) in [6, 6.07) is 3.12. The number of nitrogens with zero attached hydrogens (tertiary/aromatic N) is 2. The molecule has 2 aliphatic rings. The first-order chi connectivity index (χ1) is 11.7. The Morgan fingerprint density at radius 3 is 2.64 bits per heavy atom. The third kappa shape index (κ3) is 3.46. The topological polar surface area (TPSA) is 74.8 Å². The molecule has 25 heavy (non-hydrogen) atoms. The van der Waals surface area contributed by atoms with Gasteiger partial charge in [0.25, 0.3) is 5.91 Å². The van der Waals surface area contributed by atoms with Gasteiger partial charge < -0.3 is 9.80 Å². The molecule has 0 saturated carbocycles. The Balaban J connectivity index is 1.79. The number of piperidine rings is 1. The monoisotopic (exact) mass is 384 g/mol. The van der Waals surface area contributed by atoms with Crippen molar-refractivity contribution in [2.24, 2.45) is 0 Å². The van der Waals surface area contributed by atoms with Crippen LogP contribution in [0.3, 0.4) is 0 Å². The lowest BCUT2D eigenvalue weighted by Gasteiger charge is -2.42. The number of hydrogen-bond donors (Lipinski definition) is 0. The Bertz CT molecular complexity index is 756.